The van der Waals surface area contributed by atoms with Gasteiger partial charge in [-0.15, -0.1) is 10.2 Å². The van der Waals surface area contributed by atoms with Crippen molar-refractivity contribution in [2.75, 3.05) is 20.2 Å². The molecule has 3 heterocycles. The zero-order valence-corrected chi connectivity index (χ0v) is 16.2. The normalized spacial score (nSPS) is 16.6. The van der Waals surface area contributed by atoms with E-state index in [4.69, 9.17) is 4.74 Å². The third-order valence-electron chi connectivity index (χ3n) is 5.23. The van der Waals surface area contributed by atoms with Crippen LogP contribution in [0.3, 0.4) is 0 Å². The second kappa shape index (κ2) is 8.30. The molecule has 150 valence electrons. The van der Waals surface area contributed by atoms with Crippen LogP contribution in [0, 0.1) is 0 Å². The standard InChI is InChI=1S/C21H23N5O3/c1-29-20(27)16-9-7-15(8-10-16)13-22-21(28)25-11-4-5-17(14-25)19-24-23-18-6-2-3-12-26(18)19/h2-3,6-10,12,17H,4-5,11,13-14H2,1H3,(H,22,28). The molecule has 2 amide bonds. The Labute approximate surface area is 168 Å². The van der Waals surface area contributed by atoms with E-state index in [9.17, 15) is 9.59 Å². The summed E-state index contributed by atoms with van der Waals surface area (Å²) in [4.78, 5) is 26.0. The van der Waals surface area contributed by atoms with Gasteiger partial charge < -0.3 is 15.0 Å². The van der Waals surface area contributed by atoms with E-state index in [1.807, 2.05) is 45.8 Å². The lowest BCUT2D eigenvalue weighted by Crippen LogP contribution is -2.45. The Morgan fingerprint density at radius 3 is 2.79 bits per heavy atom. The highest BCUT2D eigenvalue weighted by Crippen LogP contribution is 2.26. The number of rotatable bonds is 4. The number of esters is 1. The van der Waals surface area contributed by atoms with Crippen LogP contribution in [0.25, 0.3) is 5.65 Å². The summed E-state index contributed by atoms with van der Waals surface area (Å²) in [5.74, 6) is 0.684. The molecule has 1 saturated heterocycles. The summed E-state index contributed by atoms with van der Waals surface area (Å²) >= 11 is 0. The van der Waals surface area contributed by atoms with Gasteiger partial charge >= 0.3 is 12.0 Å². The fraction of sp³-hybridized carbons (Fsp3) is 0.333. The van der Waals surface area contributed by atoms with Crippen LogP contribution in [-0.4, -0.2) is 51.7 Å². The molecule has 0 bridgehead atoms. The van der Waals surface area contributed by atoms with Gasteiger partial charge in [0.1, 0.15) is 5.82 Å². The first-order valence-electron chi connectivity index (χ1n) is 9.65. The van der Waals surface area contributed by atoms with Crippen LogP contribution in [-0.2, 0) is 11.3 Å². The van der Waals surface area contributed by atoms with Gasteiger partial charge in [0.15, 0.2) is 5.65 Å². The summed E-state index contributed by atoms with van der Waals surface area (Å²) in [6.07, 6.45) is 3.86. The SMILES string of the molecule is COC(=O)c1ccc(CNC(=O)N2CCCC(c3nnc4ccccn34)C2)cc1. The summed E-state index contributed by atoms with van der Waals surface area (Å²) in [6, 6.07) is 12.7. The quantitative estimate of drug-likeness (QED) is 0.689. The third kappa shape index (κ3) is 4.06. The third-order valence-corrected chi connectivity index (χ3v) is 5.23. The van der Waals surface area contributed by atoms with Crippen molar-refractivity contribution >= 4 is 17.6 Å². The highest BCUT2D eigenvalue weighted by atomic mass is 16.5. The van der Waals surface area contributed by atoms with Crippen LogP contribution >= 0.6 is 0 Å². The predicted octanol–water partition coefficient (Wildman–Crippen LogP) is 2.61. The molecule has 0 aliphatic carbocycles. The molecule has 8 nitrogen and oxygen atoms in total. The minimum atomic E-state index is -0.374. The Hall–Kier alpha value is -3.42. The predicted molar refractivity (Wildman–Crippen MR) is 107 cm³/mol. The molecule has 1 aliphatic heterocycles. The lowest BCUT2D eigenvalue weighted by atomic mass is 9.97. The zero-order valence-electron chi connectivity index (χ0n) is 16.2. The minimum absolute atomic E-state index is 0.0967. The van der Waals surface area contributed by atoms with Crippen LogP contribution < -0.4 is 5.32 Å². The number of urea groups is 1. The van der Waals surface area contributed by atoms with E-state index in [0.717, 1.165) is 36.4 Å². The first kappa shape index (κ1) is 18.9. The molecule has 3 aromatic rings. The fourth-order valence-electron chi connectivity index (χ4n) is 3.68. The van der Waals surface area contributed by atoms with Crippen molar-refractivity contribution in [3.63, 3.8) is 0 Å². The summed E-state index contributed by atoms with van der Waals surface area (Å²) in [5.41, 5.74) is 2.23. The number of carbonyl (C=O) groups is 2. The van der Waals surface area contributed by atoms with E-state index < -0.39 is 0 Å². The Kier molecular flexibility index (Phi) is 5.41. The molecule has 29 heavy (non-hydrogen) atoms. The summed E-state index contributed by atoms with van der Waals surface area (Å²) < 4.78 is 6.69. The molecule has 1 atom stereocenters. The van der Waals surface area contributed by atoms with Gasteiger partial charge in [-0.05, 0) is 42.7 Å². The van der Waals surface area contributed by atoms with Crippen molar-refractivity contribution < 1.29 is 14.3 Å². The number of ether oxygens (including phenoxy) is 1. The molecule has 8 heteroatoms. The molecule has 1 fully saturated rings. The second-order valence-electron chi connectivity index (χ2n) is 7.12. The van der Waals surface area contributed by atoms with Crippen molar-refractivity contribution in [1.82, 2.24) is 24.8 Å². The minimum Gasteiger partial charge on any atom is -0.465 e. The lowest BCUT2D eigenvalue weighted by molar-refractivity contribution is 0.0600. The van der Waals surface area contributed by atoms with E-state index in [1.165, 1.54) is 7.11 Å². The maximum absolute atomic E-state index is 12.7. The molecule has 4 rings (SSSR count). The van der Waals surface area contributed by atoms with Gasteiger partial charge in [0.2, 0.25) is 0 Å². The number of piperidine rings is 1. The first-order valence-corrected chi connectivity index (χ1v) is 9.65. The van der Waals surface area contributed by atoms with Crippen molar-refractivity contribution in [3.8, 4) is 0 Å². The van der Waals surface area contributed by atoms with Crippen LogP contribution in [0.15, 0.2) is 48.7 Å². The molecule has 1 aliphatic rings. The van der Waals surface area contributed by atoms with E-state index in [-0.39, 0.29) is 17.9 Å². The smallest absolute Gasteiger partial charge is 0.337 e. The monoisotopic (exact) mass is 393 g/mol. The molecular weight excluding hydrogens is 370 g/mol. The number of nitrogens with one attached hydrogen (secondary N) is 1. The molecular formula is C21H23N5O3. The average Bonchev–Trinajstić information content (AvgIpc) is 3.21. The topological polar surface area (TPSA) is 88.8 Å². The van der Waals surface area contributed by atoms with Crippen molar-refractivity contribution in [3.05, 3.63) is 65.6 Å². The Balaban J connectivity index is 1.37. The van der Waals surface area contributed by atoms with Crippen LogP contribution in [0.2, 0.25) is 0 Å². The zero-order chi connectivity index (χ0) is 20.2. The first-order chi connectivity index (χ1) is 14.2. The molecule has 0 spiro atoms. The highest BCUT2D eigenvalue weighted by Gasteiger charge is 2.27. The number of methoxy groups -OCH3 is 1. The number of aromatic nitrogens is 3. The molecule has 2 aromatic heterocycles. The molecule has 1 N–H and O–H groups in total. The summed E-state index contributed by atoms with van der Waals surface area (Å²) in [7, 11) is 1.35. The van der Waals surface area contributed by atoms with Crippen molar-refractivity contribution in [1.29, 1.82) is 0 Å². The fourth-order valence-corrected chi connectivity index (χ4v) is 3.68. The van der Waals surface area contributed by atoms with Gasteiger partial charge in [-0.1, -0.05) is 18.2 Å². The van der Waals surface area contributed by atoms with Gasteiger partial charge in [-0.25, -0.2) is 9.59 Å². The Morgan fingerprint density at radius 2 is 2.00 bits per heavy atom. The largest absolute Gasteiger partial charge is 0.465 e. The Bertz CT molecular complexity index is 1010. The van der Waals surface area contributed by atoms with Gasteiger partial charge in [-0.3, -0.25) is 4.40 Å². The maximum atomic E-state index is 12.7. The van der Waals surface area contributed by atoms with Crippen molar-refractivity contribution in [2.45, 2.75) is 25.3 Å². The van der Waals surface area contributed by atoms with Crippen molar-refractivity contribution in [2.24, 2.45) is 0 Å². The lowest BCUT2D eigenvalue weighted by Gasteiger charge is -2.32. The number of likely N-dealkylation sites (tertiary alicyclic amines) is 1. The number of hydrogen-bond acceptors (Lipinski definition) is 5. The number of carbonyl (C=O) groups excluding carboxylic acids is 2. The van der Waals surface area contributed by atoms with Crippen LogP contribution in [0.1, 0.15) is 40.5 Å². The van der Waals surface area contributed by atoms with E-state index in [2.05, 4.69) is 15.5 Å². The van der Waals surface area contributed by atoms with Gasteiger partial charge in [0.05, 0.1) is 12.7 Å². The van der Waals surface area contributed by atoms with Gasteiger partial charge in [0, 0.05) is 31.7 Å². The number of nitrogens with zero attached hydrogens (tertiary/aromatic N) is 4. The number of pyridine rings is 1. The van der Waals surface area contributed by atoms with E-state index in [1.54, 1.807) is 12.1 Å². The maximum Gasteiger partial charge on any atom is 0.337 e. The number of fused-ring (bicyclic) bond motifs is 1. The van der Waals surface area contributed by atoms with Gasteiger partial charge in [-0.2, -0.15) is 0 Å². The second-order valence-corrected chi connectivity index (χ2v) is 7.12. The molecule has 1 aromatic carbocycles. The summed E-state index contributed by atoms with van der Waals surface area (Å²) in [6.45, 7) is 1.73. The van der Waals surface area contributed by atoms with Gasteiger partial charge in [0.25, 0.3) is 0 Å². The van der Waals surface area contributed by atoms with Crippen LogP contribution in [0.4, 0.5) is 4.79 Å². The number of benzene rings is 1. The highest BCUT2D eigenvalue weighted by molar-refractivity contribution is 5.89. The van der Waals surface area contributed by atoms with E-state index >= 15 is 0 Å². The van der Waals surface area contributed by atoms with Crippen LogP contribution in [0.5, 0.6) is 0 Å². The molecule has 1 unspecified atom stereocenters. The van der Waals surface area contributed by atoms with E-state index in [0.29, 0.717) is 18.7 Å². The number of hydrogen-bond donors (Lipinski definition) is 1. The molecule has 0 saturated carbocycles. The molecule has 0 radical (unpaired) electrons. The Morgan fingerprint density at radius 1 is 1.17 bits per heavy atom. The number of amides is 2. The summed E-state index contributed by atoms with van der Waals surface area (Å²) in [5, 5.41) is 11.5. The average molecular weight is 393 g/mol.